The minimum absolute atomic E-state index is 0.0438. The molecular weight excluding hydrogens is 390 g/mol. The largest absolute Gasteiger partial charge is 0.392 e. The SMILES string of the molecule is Cc1nc(N)ccc1CNC(=O)c1ccnc(Cc2ccc3ncc(CO)cc3c2)c1. The molecule has 0 fully saturated rings. The molecule has 7 nitrogen and oxygen atoms in total. The zero-order valence-corrected chi connectivity index (χ0v) is 17.2. The van der Waals surface area contributed by atoms with E-state index in [1.165, 1.54) is 0 Å². The molecule has 156 valence electrons. The van der Waals surface area contributed by atoms with Crippen LogP contribution in [0.5, 0.6) is 0 Å². The van der Waals surface area contributed by atoms with Crippen LogP contribution in [0.4, 0.5) is 5.82 Å². The zero-order chi connectivity index (χ0) is 21.8. The highest BCUT2D eigenvalue weighted by atomic mass is 16.3. The quantitative estimate of drug-likeness (QED) is 0.448. The molecule has 0 radical (unpaired) electrons. The fourth-order valence-electron chi connectivity index (χ4n) is 3.42. The minimum Gasteiger partial charge on any atom is -0.392 e. The third-order valence-corrected chi connectivity index (χ3v) is 5.11. The van der Waals surface area contributed by atoms with Gasteiger partial charge in [0.1, 0.15) is 5.82 Å². The third-order valence-electron chi connectivity index (χ3n) is 5.11. The monoisotopic (exact) mass is 413 g/mol. The molecule has 1 amide bonds. The van der Waals surface area contributed by atoms with Crippen LogP contribution in [0.1, 0.15) is 38.4 Å². The number of nitrogens with zero attached hydrogens (tertiary/aromatic N) is 3. The van der Waals surface area contributed by atoms with E-state index in [2.05, 4.69) is 20.3 Å². The summed E-state index contributed by atoms with van der Waals surface area (Å²) < 4.78 is 0. The normalized spacial score (nSPS) is 10.9. The molecule has 4 aromatic rings. The molecule has 0 spiro atoms. The summed E-state index contributed by atoms with van der Waals surface area (Å²) in [6.45, 7) is 2.20. The van der Waals surface area contributed by atoms with Crippen LogP contribution in [0.25, 0.3) is 10.9 Å². The van der Waals surface area contributed by atoms with Gasteiger partial charge in [0.15, 0.2) is 0 Å². The van der Waals surface area contributed by atoms with Crippen molar-refractivity contribution >= 4 is 22.6 Å². The highest BCUT2D eigenvalue weighted by molar-refractivity contribution is 5.94. The van der Waals surface area contributed by atoms with E-state index in [4.69, 9.17) is 5.73 Å². The van der Waals surface area contributed by atoms with Crippen LogP contribution in [0.3, 0.4) is 0 Å². The second-order valence-electron chi connectivity index (χ2n) is 7.40. The molecular formula is C24H23N5O2. The van der Waals surface area contributed by atoms with Gasteiger partial charge in [-0.05, 0) is 60.0 Å². The summed E-state index contributed by atoms with van der Waals surface area (Å²) in [5.41, 5.74) is 11.4. The van der Waals surface area contributed by atoms with Gasteiger partial charge in [-0.15, -0.1) is 0 Å². The van der Waals surface area contributed by atoms with Crippen LogP contribution < -0.4 is 11.1 Å². The average molecular weight is 413 g/mol. The van der Waals surface area contributed by atoms with Crippen molar-refractivity contribution in [3.8, 4) is 0 Å². The number of benzene rings is 1. The van der Waals surface area contributed by atoms with Gasteiger partial charge in [0.2, 0.25) is 0 Å². The highest BCUT2D eigenvalue weighted by Gasteiger charge is 2.09. The van der Waals surface area contributed by atoms with E-state index in [1.807, 2.05) is 37.3 Å². The number of carbonyl (C=O) groups excluding carboxylic acids is 1. The molecule has 3 heterocycles. The number of pyridine rings is 3. The maximum Gasteiger partial charge on any atom is 0.251 e. The van der Waals surface area contributed by atoms with Gasteiger partial charge in [-0.3, -0.25) is 14.8 Å². The number of hydrogen-bond acceptors (Lipinski definition) is 6. The Hall–Kier alpha value is -3.84. The van der Waals surface area contributed by atoms with Crippen molar-refractivity contribution in [1.82, 2.24) is 20.3 Å². The predicted molar refractivity (Wildman–Crippen MR) is 119 cm³/mol. The van der Waals surface area contributed by atoms with Gasteiger partial charge in [-0.2, -0.15) is 0 Å². The van der Waals surface area contributed by atoms with Crippen molar-refractivity contribution in [2.24, 2.45) is 0 Å². The zero-order valence-electron chi connectivity index (χ0n) is 17.2. The molecule has 0 aliphatic rings. The maximum atomic E-state index is 12.6. The lowest BCUT2D eigenvalue weighted by Gasteiger charge is -2.09. The van der Waals surface area contributed by atoms with E-state index in [0.717, 1.165) is 39.0 Å². The van der Waals surface area contributed by atoms with Gasteiger partial charge in [-0.25, -0.2) is 4.98 Å². The Morgan fingerprint density at radius 2 is 1.90 bits per heavy atom. The number of aryl methyl sites for hydroxylation is 1. The molecule has 31 heavy (non-hydrogen) atoms. The first kappa shape index (κ1) is 20.4. The Morgan fingerprint density at radius 1 is 1.06 bits per heavy atom. The van der Waals surface area contributed by atoms with Crippen molar-refractivity contribution in [1.29, 1.82) is 0 Å². The fraction of sp³-hybridized carbons (Fsp3) is 0.167. The molecule has 4 N–H and O–H groups in total. The molecule has 0 unspecified atom stereocenters. The van der Waals surface area contributed by atoms with E-state index < -0.39 is 0 Å². The topological polar surface area (TPSA) is 114 Å². The molecule has 3 aromatic heterocycles. The molecule has 0 saturated carbocycles. The van der Waals surface area contributed by atoms with Crippen molar-refractivity contribution in [2.45, 2.75) is 26.5 Å². The number of anilines is 1. The first-order valence-corrected chi connectivity index (χ1v) is 9.95. The second kappa shape index (κ2) is 8.89. The lowest BCUT2D eigenvalue weighted by molar-refractivity contribution is 0.0950. The average Bonchev–Trinajstić information content (AvgIpc) is 2.78. The summed E-state index contributed by atoms with van der Waals surface area (Å²) in [5.74, 6) is 0.290. The van der Waals surface area contributed by atoms with Crippen LogP contribution in [-0.2, 0) is 19.6 Å². The van der Waals surface area contributed by atoms with Crippen LogP contribution in [0, 0.1) is 6.92 Å². The number of amides is 1. The summed E-state index contributed by atoms with van der Waals surface area (Å²) in [6.07, 6.45) is 3.90. The van der Waals surface area contributed by atoms with Gasteiger partial charge < -0.3 is 16.2 Å². The summed E-state index contributed by atoms with van der Waals surface area (Å²) in [6, 6.07) is 15.0. The molecule has 0 aliphatic carbocycles. The number of rotatable bonds is 6. The van der Waals surface area contributed by atoms with Crippen LogP contribution in [-0.4, -0.2) is 26.0 Å². The third kappa shape index (κ3) is 4.84. The highest BCUT2D eigenvalue weighted by Crippen LogP contribution is 2.18. The van der Waals surface area contributed by atoms with E-state index >= 15 is 0 Å². The summed E-state index contributed by atoms with van der Waals surface area (Å²) in [4.78, 5) is 25.6. The molecule has 7 heteroatoms. The predicted octanol–water partition coefficient (Wildman–Crippen LogP) is 2.93. The number of carbonyl (C=O) groups is 1. The lowest BCUT2D eigenvalue weighted by atomic mass is 10.0. The number of nitrogens with two attached hydrogens (primary N) is 1. The fourth-order valence-corrected chi connectivity index (χ4v) is 3.42. The molecule has 1 aromatic carbocycles. The molecule has 0 bridgehead atoms. The number of nitrogen functional groups attached to an aromatic ring is 1. The smallest absolute Gasteiger partial charge is 0.251 e. The van der Waals surface area contributed by atoms with Crippen molar-refractivity contribution in [3.63, 3.8) is 0 Å². The number of aliphatic hydroxyl groups is 1. The van der Waals surface area contributed by atoms with Gasteiger partial charge in [0.25, 0.3) is 5.91 Å². The summed E-state index contributed by atoms with van der Waals surface area (Å²) in [5, 5.41) is 13.2. The first-order chi connectivity index (χ1) is 15.0. The number of hydrogen-bond donors (Lipinski definition) is 3. The van der Waals surface area contributed by atoms with Crippen molar-refractivity contribution in [3.05, 3.63) is 94.6 Å². The van der Waals surface area contributed by atoms with Crippen molar-refractivity contribution in [2.75, 3.05) is 5.73 Å². The van der Waals surface area contributed by atoms with Gasteiger partial charge in [-0.1, -0.05) is 12.1 Å². The Balaban J connectivity index is 1.47. The van der Waals surface area contributed by atoms with Crippen LogP contribution >= 0.6 is 0 Å². The second-order valence-corrected chi connectivity index (χ2v) is 7.40. The molecule has 4 rings (SSSR count). The van der Waals surface area contributed by atoms with E-state index in [-0.39, 0.29) is 12.5 Å². The summed E-state index contributed by atoms with van der Waals surface area (Å²) >= 11 is 0. The summed E-state index contributed by atoms with van der Waals surface area (Å²) in [7, 11) is 0. The molecule has 0 atom stereocenters. The van der Waals surface area contributed by atoms with Crippen molar-refractivity contribution < 1.29 is 9.90 Å². The number of aliphatic hydroxyl groups excluding tert-OH is 1. The Morgan fingerprint density at radius 3 is 2.71 bits per heavy atom. The maximum absolute atomic E-state index is 12.6. The van der Waals surface area contributed by atoms with Gasteiger partial charge in [0.05, 0.1) is 12.1 Å². The van der Waals surface area contributed by atoms with Gasteiger partial charge >= 0.3 is 0 Å². The van der Waals surface area contributed by atoms with E-state index in [1.54, 1.807) is 30.6 Å². The molecule has 0 aliphatic heterocycles. The van der Waals surface area contributed by atoms with Crippen LogP contribution in [0.15, 0.2) is 60.9 Å². The Bertz CT molecular complexity index is 1260. The van der Waals surface area contributed by atoms with Crippen LogP contribution in [0.2, 0.25) is 0 Å². The number of nitrogens with one attached hydrogen (secondary N) is 1. The van der Waals surface area contributed by atoms with Gasteiger partial charge in [0, 0.05) is 47.7 Å². The molecule has 0 saturated heterocycles. The lowest BCUT2D eigenvalue weighted by Crippen LogP contribution is -2.23. The van der Waals surface area contributed by atoms with E-state index in [0.29, 0.717) is 24.3 Å². The minimum atomic E-state index is -0.171. The Kier molecular flexibility index (Phi) is 5.86. The standard InChI is InChI=1S/C24H23N5O2/c1-15-19(3-5-23(25)29-15)13-28-24(31)18-6-7-26-21(11-18)10-16-2-4-22-20(8-16)9-17(14-30)12-27-22/h2-9,11-12,30H,10,13-14H2,1H3,(H2,25,29)(H,28,31). The Labute approximate surface area is 180 Å². The van der Waals surface area contributed by atoms with E-state index in [9.17, 15) is 9.90 Å². The number of fused-ring (bicyclic) bond motifs is 1. The number of aromatic nitrogens is 3. The first-order valence-electron chi connectivity index (χ1n) is 9.95.